The van der Waals surface area contributed by atoms with Crippen LogP contribution in [0.4, 0.5) is 0 Å². The number of carbonyl (C=O) groups excluding carboxylic acids is 1. The number of carbonyl (C=O) groups is 1. The molecule has 0 aromatic heterocycles. The zero-order valence-electron chi connectivity index (χ0n) is 11.7. The zero-order valence-corrected chi connectivity index (χ0v) is 12.5. The van der Waals surface area contributed by atoms with E-state index in [1.165, 1.54) is 7.11 Å². The molecule has 0 aliphatic heterocycles. The van der Waals surface area contributed by atoms with Gasteiger partial charge in [-0.2, -0.15) is 0 Å². The molecular formula is C13H20N2O4S. The molecule has 1 aromatic carbocycles. The van der Waals surface area contributed by atoms with Gasteiger partial charge in [-0.25, -0.2) is 8.42 Å². The van der Waals surface area contributed by atoms with Gasteiger partial charge in [-0.3, -0.25) is 9.69 Å². The summed E-state index contributed by atoms with van der Waals surface area (Å²) in [7, 11) is -0.414. The smallest absolute Gasteiger partial charge is 0.319 e. The van der Waals surface area contributed by atoms with Crippen LogP contribution in [0.25, 0.3) is 0 Å². The topological polar surface area (TPSA) is 89.7 Å². The number of likely N-dealkylation sites (N-methyl/N-ethyl adjacent to an activating group) is 1. The number of benzene rings is 1. The first kappa shape index (κ1) is 16.6. The highest BCUT2D eigenvalue weighted by atomic mass is 32.2. The van der Waals surface area contributed by atoms with Crippen molar-refractivity contribution in [2.75, 3.05) is 33.0 Å². The minimum Gasteiger partial charge on any atom is -0.468 e. The van der Waals surface area contributed by atoms with Gasteiger partial charge in [0.05, 0.1) is 24.3 Å². The Balaban J connectivity index is 2.67. The molecule has 0 radical (unpaired) electrons. The molecule has 0 saturated heterocycles. The second kappa shape index (κ2) is 7.37. The quantitative estimate of drug-likeness (QED) is 0.714. The van der Waals surface area contributed by atoms with Crippen LogP contribution in [0.3, 0.4) is 0 Å². The van der Waals surface area contributed by atoms with Gasteiger partial charge in [-0.15, -0.1) is 0 Å². The Morgan fingerprint density at radius 2 is 2.10 bits per heavy atom. The lowest BCUT2D eigenvalue weighted by atomic mass is 10.2. The molecule has 0 unspecified atom stereocenters. The third kappa shape index (κ3) is 4.92. The predicted octanol–water partition coefficient (Wildman–Crippen LogP) is 0.0238. The summed E-state index contributed by atoms with van der Waals surface area (Å²) in [6.45, 7) is 0.616. The number of sulfone groups is 1. The highest BCUT2D eigenvalue weighted by Gasteiger charge is 2.16. The maximum Gasteiger partial charge on any atom is 0.319 e. The summed E-state index contributed by atoms with van der Waals surface area (Å²) < 4.78 is 28.9. The average molecular weight is 300 g/mol. The van der Waals surface area contributed by atoms with E-state index in [1.54, 1.807) is 36.2 Å². The molecule has 1 rings (SSSR count). The lowest BCUT2D eigenvalue weighted by Gasteiger charge is -2.15. The van der Waals surface area contributed by atoms with Crippen molar-refractivity contribution in [3.8, 4) is 0 Å². The summed E-state index contributed by atoms with van der Waals surface area (Å²) in [5.41, 5.74) is 6.27. The van der Waals surface area contributed by atoms with Crippen molar-refractivity contribution in [1.29, 1.82) is 0 Å². The number of hydrogen-bond acceptors (Lipinski definition) is 6. The third-order valence-corrected chi connectivity index (χ3v) is 4.55. The Bertz CT molecular complexity index is 557. The van der Waals surface area contributed by atoms with E-state index in [0.717, 1.165) is 5.56 Å². The van der Waals surface area contributed by atoms with Crippen molar-refractivity contribution in [1.82, 2.24) is 4.90 Å². The molecule has 0 saturated carbocycles. The Labute approximate surface area is 119 Å². The molecule has 0 aliphatic rings. The van der Waals surface area contributed by atoms with Crippen LogP contribution in [0, 0.1) is 0 Å². The number of ether oxygens (including phenoxy) is 1. The fourth-order valence-corrected chi connectivity index (χ4v) is 3.03. The standard InChI is InChI=1S/C13H20N2O4S/c1-15(10-13(16)19-2)6-7-20(17,18)12-5-3-4-11(8-12)9-14/h3-5,8H,6-7,9-10,14H2,1-2H3. The van der Waals surface area contributed by atoms with Crippen LogP contribution in [-0.2, 0) is 25.9 Å². The van der Waals surface area contributed by atoms with Gasteiger partial charge in [-0.1, -0.05) is 12.1 Å². The van der Waals surface area contributed by atoms with Crippen LogP contribution in [0.5, 0.6) is 0 Å². The SMILES string of the molecule is COC(=O)CN(C)CCS(=O)(=O)c1cccc(CN)c1. The first-order valence-corrected chi connectivity index (χ1v) is 7.81. The highest BCUT2D eigenvalue weighted by molar-refractivity contribution is 7.91. The van der Waals surface area contributed by atoms with Crippen molar-refractivity contribution in [2.45, 2.75) is 11.4 Å². The summed E-state index contributed by atoms with van der Waals surface area (Å²) in [6, 6.07) is 6.58. The van der Waals surface area contributed by atoms with E-state index in [0.29, 0.717) is 6.54 Å². The maximum absolute atomic E-state index is 12.2. The molecule has 20 heavy (non-hydrogen) atoms. The van der Waals surface area contributed by atoms with Crippen molar-refractivity contribution in [3.63, 3.8) is 0 Å². The number of rotatable bonds is 7. The second-order valence-corrected chi connectivity index (χ2v) is 6.59. The number of methoxy groups -OCH3 is 1. The number of hydrogen-bond donors (Lipinski definition) is 1. The predicted molar refractivity (Wildman–Crippen MR) is 75.9 cm³/mol. The minimum atomic E-state index is -3.38. The van der Waals surface area contributed by atoms with Crippen LogP contribution in [0.2, 0.25) is 0 Å². The van der Waals surface area contributed by atoms with E-state index in [1.807, 2.05) is 0 Å². The molecule has 112 valence electrons. The van der Waals surface area contributed by atoms with Crippen molar-refractivity contribution in [3.05, 3.63) is 29.8 Å². The molecule has 0 spiro atoms. The number of nitrogens with zero attached hydrogens (tertiary/aromatic N) is 1. The van der Waals surface area contributed by atoms with Crippen LogP contribution in [0.15, 0.2) is 29.2 Å². The second-order valence-electron chi connectivity index (χ2n) is 4.48. The third-order valence-electron chi connectivity index (χ3n) is 2.86. The van der Waals surface area contributed by atoms with Gasteiger partial charge in [0, 0.05) is 13.1 Å². The van der Waals surface area contributed by atoms with Crippen molar-refractivity contribution < 1.29 is 17.9 Å². The summed E-state index contributed by atoms with van der Waals surface area (Å²) >= 11 is 0. The fraction of sp³-hybridized carbons (Fsp3) is 0.462. The Morgan fingerprint density at radius 3 is 2.70 bits per heavy atom. The Hall–Kier alpha value is -1.44. The Kier molecular flexibility index (Phi) is 6.12. The van der Waals surface area contributed by atoms with Gasteiger partial charge in [0.25, 0.3) is 0 Å². The molecule has 0 fully saturated rings. The van der Waals surface area contributed by atoms with Crippen LogP contribution < -0.4 is 5.73 Å². The molecule has 2 N–H and O–H groups in total. The van der Waals surface area contributed by atoms with E-state index in [2.05, 4.69) is 4.74 Å². The average Bonchev–Trinajstić information content (AvgIpc) is 2.45. The Morgan fingerprint density at radius 1 is 1.40 bits per heavy atom. The number of esters is 1. The molecule has 6 nitrogen and oxygen atoms in total. The summed E-state index contributed by atoms with van der Waals surface area (Å²) in [5, 5.41) is 0. The molecule has 0 atom stereocenters. The molecule has 0 aliphatic carbocycles. The van der Waals surface area contributed by atoms with Crippen molar-refractivity contribution >= 4 is 15.8 Å². The highest BCUT2D eigenvalue weighted by Crippen LogP contribution is 2.13. The van der Waals surface area contributed by atoms with Gasteiger partial charge in [0.2, 0.25) is 0 Å². The molecule has 0 heterocycles. The van der Waals surface area contributed by atoms with Crippen LogP contribution >= 0.6 is 0 Å². The number of nitrogens with two attached hydrogens (primary N) is 1. The van der Waals surface area contributed by atoms with E-state index in [4.69, 9.17) is 5.73 Å². The lowest BCUT2D eigenvalue weighted by Crippen LogP contribution is -2.31. The summed E-state index contributed by atoms with van der Waals surface area (Å²) in [4.78, 5) is 12.9. The van der Waals surface area contributed by atoms with E-state index in [9.17, 15) is 13.2 Å². The largest absolute Gasteiger partial charge is 0.468 e. The van der Waals surface area contributed by atoms with Crippen LogP contribution in [0.1, 0.15) is 5.56 Å². The van der Waals surface area contributed by atoms with Crippen LogP contribution in [-0.4, -0.2) is 52.3 Å². The maximum atomic E-state index is 12.2. The van der Waals surface area contributed by atoms with Gasteiger partial charge in [0.15, 0.2) is 9.84 Å². The van der Waals surface area contributed by atoms with Gasteiger partial charge in [0.1, 0.15) is 0 Å². The molecule has 0 amide bonds. The summed E-state index contributed by atoms with van der Waals surface area (Å²) in [5.74, 6) is -0.454. The van der Waals surface area contributed by atoms with E-state index < -0.39 is 15.8 Å². The fourth-order valence-electron chi connectivity index (χ4n) is 1.62. The zero-order chi connectivity index (χ0) is 15.2. The van der Waals surface area contributed by atoms with Gasteiger partial charge < -0.3 is 10.5 Å². The summed E-state index contributed by atoms with van der Waals surface area (Å²) in [6.07, 6.45) is 0. The first-order valence-electron chi connectivity index (χ1n) is 6.16. The van der Waals surface area contributed by atoms with Gasteiger partial charge >= 0.3 is 5.97 Å². The first-order chi connectivity index (χ1) is 9.39. The normalized spacial score (nSPS) is 11.6. The molecule has 7 heteroatoms. The van der Waals surface area contributed by atoms with Gasteiger partial charge in [-0.05, 0) is 24.7 Å². The van der Waals surface area contributed by atoms with Crippen molar-refractivity contribution in [2.24, 2.45) is 5.73 Å². The minimum absolute atomic E-state index is 0.0610. The molecule has 1 aromatic rings. The monoisotopic (exact) mass is 300 g/mol. The van der Waals surface area contributed by atoms with E-state index >= 15 is 0 Å². The molecule has 0 bridgehead atoms. The van der Waals surface area contributed by atoms with E-state index in [-0.39, 0.29) is 23.7 Å². The molecular weight excluding hydrogens is 280 g/mol. The lowest BCUT2D eigenvalue weighted by molar-refractivity contribution is -0.141.